The van der Waals surface area contributed by atoms with Crippen LogP contribution in [0.15, 0.2) is 30.6 Å². The van der Waals surface area contributed by atoms with Crippen molar-refractivity contribution >= 4 is 34.9 Å². The number of aryl methyl sites for hydroxylation is 1. The number of ether oxygens (including phenoxy) is 2. The Bertz CT molecular complexity index is 875. The number of esters is 1. The number of methoxy groups -OCH3 is 1. The van der Waals surface area contributed by atoms with E-state index in [1.54, 1.807) is 18.3 Å². The Kier molecular flexibility index (Phi) is 13.3. The van der Waals surface area contributed by atoms with Gasteiger partial charge < -0.3 is 25.6 Å². The Morgan fingerprint density at radius 1 is 1.06 bits per heavy atom. The van der Waals surface area contributed by atoms with Crippen molar-refractivity contribution in [1.82, 2.24) is 10.3 Å². The molecule has 0 fully saturated rings. The minimum absolute atomic E-state index is 0.246. The molecule has 2 rings (SSSR count). The number of carbonyl (C=O) groups is 1. The summed E-state index contributed by atoms with van der Waals surface area (Å²) in [5.74, 6) is -0.260. The van der Waals surface area contributed by atoms with Crippen LogP contribution in [0.1, 0.15) is 54.9 Å². The Hall–Kier alpha value is -1.90. The van der Waals surface area contributed by atoms with Gasteiger partial charge in [0.25, 0.3) is 0 Å². The molecule has 7 nitrogen and oxygen atoms in total. The highest BCUT2D eigenvalue weighted by atomic mass is 35.5. The fraction of sp³-hybridized carbons (Fsp3) is 0.520. The molecular formula is C25H35Cl2N3O4. The predicted molar refractivity (Wildman–Crippen MR) is 136 cm³/mol. The number of hydrogen-bond acceptors (Lipinski definition) is 7. The van der Waals surface area contributed by atoms with E-state index in [9.17, 15) is 9.90 Å². The second-order valence-electron chi connectivity index (χ2n) is 8.20. The lowest BCUT2D eigenvalue weighted by atomic mass is 10.1. The van der Waals surface area contributed by atoms with E-state index in [4.69, 9.17) is 38.4 Å². The van der Waals surface area contributed by atoms with Crippen LogP contribution in [0.4, 0.5) is 5.69 Å². The third kappa shape index (κ3) is 10.6. The maximum atomic E-state index is 11.4. The van der Waals surface area contributed by atoms with Crippen molar-refractivity contribution < 1.29 is 19.4 Å². The molecule has 1 atom stereocenters. The maximum absolute atomic E-state index is 11.4. The Morgan fingerprint density at radius 3 is 2.47 bits per heavy atom. The zero-order chi connectivity index (χ0) is 24.8. The molecule has 1 aromatic carbocycles. The summed E-state index contributed by atoms with van der Waals surface area (Å²) in [5, 5.41) is 14.2. The lowest BCUT2D eigenvalue weighted by Gasteiger charge is -2.14. The molecule has 34 heavy (non-hydrogen) atoms. The third-order valence-corrected chi connectivity index (χ3v) is 6.02. The van der Waals surface area contributed by atoms with Gasteiger partial charge in [0.05, 0.1) is 35.4 Å². The monoisotopic (exact) mass is 511 g/mol. The molecule has 0 aliphatic heterocycles. The number of pyridine rings is 1. The number of hydrogen-bond donors (Lipinski definition) is 3. The summed E-state index contributed by atoms with van der Waals surface area (Å²) < 4.78 is 10.4. The smallest absolute Gasteiger partial charge is 0.310 e. The average molecular weight is 512 g/mol. The summed E-state index contributed by atoms with van der Waals surface area (Å²) in [6.07, 6.45) is 9.14. The fourth-order valence-electron chi connectivity index (χ4n) is 3.45. The van der Waals surface area contributed by atoms with Crippen molar-refractivity contribution in [3.8, 4) is 0 Å². The third-order valence-electron chi connectivity index (χ3n) is 5.40. The van der Waals surface area contributed by atoms with Gasteiger partial charge in [-0.05, 0) is 61.1 Å². The SMILES string of the molecule is COC(=O)Cc1cncc(CCCOCCCCCCNCC(O)c2cc(Cl)c(N)c(Cl)c2)c1. The summed E-state index contributed by atoms with van der Waals surface area (Å²) in [6.45, 7) is 2.73. The van der Waals surface area contributed by atoms with Crippen molar-refractivity contribution in [3.63, 3.8) is 0 Å². The largest absolute Gasteiger partial charge is 0.469 e. The second kappa shape index (κ2) is 15.9. The van der Waals surface area contributed by atoms with Crippen LogP contribution in [-0.2, 0) is 27.1 Å². The topological polar surface area (TPSA) is 107 Å². The molecule has 0 saturated heterocycles. The number of benzene rings is 1. The van der Waals surface area contributed by atoms with E-state index in [0.717, 1.165) is 62.8 Å². The molecule has 188 valence electrons. The molecule has 0 bridgehead atoms. The number of carbonyl (C=O) groups excluding carboxylic acids is 1. The van der Waals surface area contributed by atoms with Gasteiger partial charge >= 0.3 is 5.97 Å². The summed E-state index contributed by atoms with van der Waals surface area (Å²) >= 11 is 12.0. The number of aliphatic hydroxyl groups excluding tert-OH is 1. The number of rotatable bonds is 16. The van der Waals surface area contributed by atoms with Gasteiger partial charge in [0.1, 0.15) is 0 Å². The van der Waals surface area contributed by atoms with Crippen molar-refractivity contribution in [1.29, 1.82) is 0 Å². The quantitative estimate of drug-likeness (QED) is 0.173. The Morgan fingerprint density at radius 2 is 1.74 bits per heavy atom. The van der Waals surface area contributed by atoms with Crippen molar-refractivity contribution in [2.24, 2.45) is 0 Å². The molecular weight excluding hydrogens is 477 g/mol. The number of halogens is 2. The standard InChI is InChI=1S/C25H35Cl2N3O4/c1-33-24(32)12-19-11-18(15-30-16-19)7-6-10-34-9-5-3-2-4-8-29-17-23(31)20-13-21(26)25(28)22(27)14-20/h11,13-16,23,29,31H,2-10,12,17,28H2,1H3. The molecule has 0 saturated carbocycles. The van der Waals surface area contributed by atoms with Crippen LogP contribution in [0.2, 0.25) is 10.0 Å². The number of anilines is 1. The van der Waals surface area contributed by atoms with Crippen molar-refractivity contribution in [3.05, 3.63) is 57.3 Å². The van der Waals surface area contributed by atoms with Crippen LogP contribution in [0, 0.1) is 0 Å². The molecule has 2 aromatic rings. The zero-order valence-electron chi connectivity index (χ0n) is 19.7. The van der Waals surface area contributed by atoms with Crippen molar-refractivity contribution in [2.45, 2.75) is 51.0 Å². The first-order valence-corrected chi connectivity index (χ1v) is 12.4. The van der Waals surface area contributed by atoms with Gasteiger partial charge in [-0.15, -0.1) is 0 Å². The summed E-state index contributed by atoms with van der Waals surface area (Å²) in [4.78, 5) is 15.6. The van der Waals surface area contributed by atoms with E-state index in [0.29, 0.717) is 34.4 Å². The molecule has 0 spiro atoms. The van der Waals surface area contributed by atoms with E-state index in [2.05, 4.69) is 10.3 Å². The molecule has 1 aromatic heterocycles. The predicted octanol–water partition coefficient (Wildman–Crippen LogP) is 4.52. The van der Waals surface area contributed by atoms with Gasteiger partial charge in [-0.25, -0.2) is 0 Å². The van der Waals surface area contributed by atoms with E-state index >= 15 is 0 Å². The summed E-state index contributed by atoms with van der Waals surface area (Å²) in [7, 11) is 1.39. The van der Waals surface area contributed by atoms with Crippen molar-refractivity contribution in [2.75, 3.05) is 39.1 Å². The second-order valence-corrected chi connectivity index (χ2v) is 9.02. The Labute approximate surface area is 211 Å². The lowest BCUT2D eigenvalue weighted by Crippen LogP contribution is -2.22. The van der Waals surface area contributed by atoms with E-state index in [1.807, 2.05) is 12.3 Å². The van der Waals surface area contributed by atoms with Crippen LogP contribution < -0.4 is 11.1 Å². The minimum atomic E-state index is -0.685. The normalized spacial score (nSPS) is 12.0. The highest BCUT2D eigenvalue weighted by Crippen LogP contribution is 2.31. The number of nitrogens with two attached hydrogens (primary N) is 1. The van der Waals surface area contributed by atoms with Gasteiger partial charge in [0, 0.05) is 32.2 Å². The van der Waals surface area contributed by atoms with Crippen LogP contribution >= 0.6 is 23.2 Å². The maximum Gasteiger partial charge on any atom is 0.310 e. The number of nitrogens with zero attached hydrogens (tertiary/aromatic N) is 1. The molecule has 0 radical (unpaired) electrons. The van der Waals surface area contributed by atoms with Crippen LogP contribution in [0.5, 0.6) is 0 Å². The first-order chi connectivity index (χ1) is 16.4. The number of aromatic nitrogens is 1. The van der Waals surface area contributed by atoms with E-state index in [-0.39, 0.29) is 12.4 Å². The number of aliphatic hydroxyl groups is 1. The zero-order valence-corrected chi connectivity index (χ0v) is 21.2. The number of unbranched alkanes of at least 4 members (excludes halogenated alkanes) is 3. The molecule has 1 unspecified atom stereocenters. The molecule has 9 heteroatoms. The Balaban J connectivity index is 1.45. The highest BCUT2D eigenvalue weighted by molar-refractivity contribution is 6.38. The molecule has 4 N–H and O–H groups in total. The summed E-state index contributed by atoms with van der Waals surface area (Å²) in [5.41, 5.74) is 8.68. The molecule has 0 aliphatic rings. The minimum Gasteiger partial charge on any atom is -0.469 e. The van der Waals surface area contributed by atoms with E-state index in [1.165, 1.54) is 7.11 Å². The fourth-order valence-corrected chi connectivity index (χ4v) is 3.96. The molecule has 1 heterocycles. The van der Waals surface area contributed by atoms with Crippen LogP contribution in [-0.4, -0.2) is 49.5 Å². The van der Waals surface area contributed by atoms with Gasteiger partial charge in [0.2, 0.25) is 0 Å². The average Bonchev–Trinajstić information content (AvgIpc) is 2.82. The highest BCUT2D eigenvalue weighted by Gasteiger charge is 2.12. The first kappa shape index (κ1) is 28.3. The first-order valence-electron chi connectivity index (χ1n) is 11.6. The van der Waals surface area contributed by atoms with Gasteiger partial charge in [0.15, 0.2) is 0 Å². The van der Waals surface area contributed by atoms with Crippen LogP contribution in [0.3, 0.4) is 0 Å². The lowest BCUT2D eigenvalue weighted by molar-refractivity contribution is -0.139. The summed E-state index contributed by atoms with van der Waals surface area (Å²) in [6, 6.07) is 5.29. The number of nitrogens with one attached hydrogen (secondary N) is 1. The van der Waals surface area contributed by atoms with Crippen LogP contribution in [0.25, 0.3) is 0 Å². The molecule has 0 amide bonds. The van der Waals surface area contributed by atoms with Gasteiger partial charge in [-0.1, -0.05) is 42.1 Å². The van der Waals surface area contributed by atoms with Gasteiger partial charge in [-0.2, -0.15) is 0 Å². The van der Waals surface area contributed by atoms with E-state index < -0.39 is 6.10 Å². The number of nitrogen functional groups attached to an aromatic ring is 1. The van der Waals surface area contributed by atoms with Gasteiger partial charge in [-0.3, -0.25) is 9.78 Å². The molecule has 0 aliphatic carbocycles.